The highest BCUT2D eigenvalue weighted by Gasteiger charge is 2.18. The van der Waals surface area contributed by atoms with Crippen LogP contribution in [0.2, 0.25) is 0 Å². The number of aryl methyl sites for hydroxylation is 1. The number of amides is 1. The zero-order valence-corrected chi connectivity index (χ0v) is 16.3. The molecule has 0 aliphatic heterocycles. The molecule has 0 bridgehead atoms. The van der Waals surface area contributed by atoms with Crippen LogP contribution >= 0.6 is 15.9 Å². The molecule has 1 N–H and O–H groups in total. The summed E-state index contributed by atoms with van der Waals surface area (Å²) in [6, 6.07) is 11.7. The van der Waals surface area contributed by atoms with Crippen molar-refractivity contribution >= 4 is 27.9 Å². The number of hydrogen-bond acceptors (Lipinski definition) is 3. The maximum atomic E-state index is 12.4. The second-order valence-electron chi connectivity index (χ2n) is 6.64. The Kier molecular flexibility index (Phi) is 5.95. The quantitative estimate of drug-likeness (QED) is 0.541. The number of nitriles is 1. The maximum absolute atomic E-state index is 12.4. The minimum atomic E-state index is -0.322. The SMILES string of the molecule is Cc1cc(-c2ccc(/C=C(\C#N)C(=O)NC3CCCCC3)o2)ccc1Br. The highest BCUT2D eigenvalue weighted by Crippen LogP contribution is 2.27. The van der Waals surface area contributed by atoms with Gasteiger partial charge in [0.25, 0.3) is 5.91 Å². The van der Waals surface area contributed by atoms with Gasteiger partial charge in [-0.15, -0.1) is 0 Å². The Morgan fingerprint density at radius 2 is 2.04 bits per heavy atom. The molecule has 0 saturated heterocycles. The number of halogens is 1. The number of rotatable bonds is 4. The molecule has 1 heterocycles. The third-order valence-electron chi connectivity index (χ3n) is 4.66. The average molecular weight is 413 g/mol. The number of hydrogen-bond donors (Lipinski definition) is 1. The molecule has 5 heteroatoms. The Balaban J connectivity index is 1.75. The lowest BCUT2D eigenvalue weighted by molar-refractivity contribution is -0.117. The van der Waals surface area contributed by atoms with E-state index in [0.717, 1.165) is 41.3 Å². The molecule has 134 valence electrons. The van der Waals surface area contributed by atoms with Gasteiger partial charge < -0.3 is 9.73 Å². The first kappa shape index (κ1) is 18.5. The van der Waals surface area contributed by atoms with Crippen LogP contribution in [0, 0.1) is 18.3 Å². The van der Waals surface area contributed by atoms with Crippen molar-refractivity contribution in [2.24, 2.45) is 0 Å². The molecular weight excluding hydrogens is 392 g/mol. The van der Waals surface area contributed by atoms with Gasteiger partial charge in [-0.2, -0.15) is 5.26 Å². The van der Waals surface area contributed by atoms with Crippen molar-refractivity contribution in [2.45, 2.75) is 45.1 Å². The molecule has 0 spiro atoms. The molecule has 0 atom stereocenters. The Hall–Kier alpha value is -2.32. The van der Waals surface area contributed by atoms with E-state index in [4.69, 9.17) is 4.42 Å². The lowest BCUT2D eigenvalue weighted by Crippen LogP contribution is -2.36. The maximum Gasteiger partial charge on any atom is 0.262 e. The minimum Gasteiger partial charge on any atom is -0.457 e. The molecule has 1 aliphatic rings. The molecule has 26 heavy (non-hydrogen) atoms. The lowest BCUT2D eigenvalue weighted by Gasteiger charge is -2.22. The van der Waals surface area contributed by atoms with Crippen LogP contribution in [-0.2, 0) is 4.79 Å². The predicted octanol–water partition coefficient (Wildman–Crippen LogP) is 5.37. The van der Waals surface area contributed by atoms with Crippen molar-refractivity contribution in [3.05, 3.63) is 51.7 Å². The van der Waals surface area contributed by atoms with Crippen molar-refractivity contribution in [1.82, 2.24) is 5.32 Å². The van der Waals surface area contributed by atoms with Crippen molar-refractivity contribution in [1.29, 1.82) is 5.26 Å². The number of benzene rings is 1. The zero-order valence-electron chi connectivity index (χ0n) is 14.7. The van der Waals surface area contributed by atoms with Gasteiger partial charge in [0.2, 0.25) is 0 Å². The van der Waals surface area contributed by atoms with E-state index in [1.165, 1.54) is 12.5 Å². The highest BCUT2D eigenvalue weighted by atomic mass is 79.9. The van der Waals surface area contributed by atoms with Crippen molar-refractivity contribution < 1.29 is 9.21 Å². The zero-order chi connectivity index (χ0) is 18.5. The van der Waals surface area contributed by atoms with Crippen molar-refractivity contribution in [2.75, 3.05) is 0 Å². The van der Waals surface area contributed by atoms with E-state index < -0.39 is 0 Å². The first-order valence-electron chi connectivity index (χ1n) is 8.86. The van der Waals surface area contributed by atoms with Gasteiger partial charge in [0.05, 0.1) is 0 Å². The van der Waals surface area contributed by atoms with Crippen LogP contribution in [0.4, 0.5) is 0 Å². The summed E-state index contributed by atoms with van der Waals surface area (Å²) < 4.78 is 6.86. The van der Waals surface area contributed by atoms with Crippen LogP contribution in [0.3, 0.4) is 0 Å². The van der Waals surface area contributed by atoms with Crippen LogP contribution in [0.15, 0.2) is 44.8 Å². The fourth-order valence-electron chi connectivity index (χ4n) is 3.18. The van der Waals surface area contributed by atoms with Crippen molar-refractivity contribution in [3.63, 3.8) is 0 Å². The molecular formula is C21H21BrN2O2. The Morgan fingerprint density at radius 3 is 2.73 bits per heavy atom. The molecule has 1 amide bonds. The van der Waals surface area contributed by atoms with Crippen LogP contribution in [0.5, 0.6) is 0 Å². The van der Waals surface area contributed by atoms with Gasteiger partial charge in [0, 0.05) is 22.2 Å². The van der Waals surface area contributed by atoms with Gasteiger partial charge in [0.15, 0.2) is 0 Å². The van der Waals surface area contributed by atoms with E-state index in [-0.39, 0.29) is 17.5 Å². The number of furan rings is 1. The first-order valence-corrected chi connectivity index (χ1v) is 9.65. The fourth-order valence-corrected chi connectivity index (χ4v) is 3.43. The molecule has 1 aromatic heterocycles. The lowest BCUT2D eigenvalue weighted by atomic mass is 9.95. The second kappa shape index (κ2) is 8.37. The summed E-state index contributed by atoms with van der Waals surface area (Å²) in [7, 11) is 0. The van der Waals surface area contributed by atoms with E-state index in [2.05, 4.69) is 21.2 Å². The Labute approximate surface area is 162 Å². The van der Waals surface area contributed by atoms with Gasteiger partial charge in [-0.05, 0) is 49.6 Å². The summed E-state index contributed by atoms with van der Waals surface area (Å²) in [6.07, 6.45) is 6.96. The smallest absolute Gasteiger partial charge is 0.262 e. The number of nitrogens with zero attached hydrogens (tertiary/aromatic N) is 1. The number of carbonyl (C=O) groups is 1. The third-order valence-corrected chi connectivity index (χ3v) is 5.55. The standard InChI is InChI=1S/C21H21BrN2O2/c1-14-11-15(7-9-19(14)22)20-10-8-18(26-20)12-16(13-23)21(25)24-17-5-3-2-4-6-17/h7-12,17H,2-6H2,1H3,(H,24,25)/b16-12+. The predicted molar refractivity (Wildman–Crippen MR) is 105 cm³/mol. The van der Waals surface area contributed by atoms with Crippen LogP contribution in [0.1, 0.15) is 43.4 Å². The van der Waals surface area contributed by atoms with Crippen LogP contribution in [0.25, 0.3) is 17.4 Å². The van der Waals surface area contributed by atoms with Gasteiger partial charge in [0.1, 0.15) is 23.2 Å². The van der Waals surface area contributed by atoms with Crippen LogP contribution in [-0.4, -0.2) is 11.9 Å². The average Bonchev–Trinajstić information content (AvgIpc) is 3.11. The summed E-state index contributed by atoms with van der Waals surface area (Å²) in [5.41, 5.74) is 2.14. The van der Waals surface area contributed by atoms with Crippen LogP contribution < -0.4 is 5.32 Å². The third kappa shape index (κ3) is 4.44. The molecule has 4 nitrogen and oxygen atoms in total. The monoisotopic (exact) mass is 412 g/mol. The Morgan fingerprint density at radius 1 is 1.27 bits per heavy atom. The second-order valence-corrected chi connectivity index (χ2v) is 7.50. The topological polar surface area (TPSA) is 66.0 Å². The van der Waals surface area contributed by atoms with Gasteiger partial charge in [-0.25, -0.2) is 0 Å². The van der Waals surface area contributed by atoms with Gasteiger partial charge >= 0.3 is 0 Å². The molecule has 1 fully saturated rings. The highest BCUT2D eigenvalue weighted by molar-refractivity contribution is 9.10. The summed E-state index contributed by atoms with van der Waals surface area (Å²) in [5, 5.41) is 12.3. The largest absolute Gasteiger partial charge is 0.457 e. The summed E-state index contributed by atoms with van der Waals surface area (Å²) in [5.74, 6) is 0.879. The minimum absolute atomic E-state index is 0.0726. The molecule has 0 unspecified atom stereocenters. The molecule has 3 rings (SSSR count). The summed E-state index contributed by atoms with van der Waals surface area (Å²) in [6.45, 7) is 2.01. The summed E-state index contributed by atoms with van der Waals surface area (Å²) >= 11 is 3.49. The molecule has 2 aromatic rings. The normalized spacial score (nSPS) is 15.5. The fraction of sp³-hybridized carbons (Fsp3) is 0.333. The van der Waals surface area contributed by atoms with E-state index in [9.17, 15) is 10.1 Å². The molecule has 1 aliphatic carbocycles. The van der Waals surface area contributed by atoms with Gasteiger partial charge in [-0.1, -0.05) is 41.3 Å². The molecule has 1 saturated carbocycles. The van der Waals surface area contributed by atoms with Gasteiger partial charge in [-0.3, -0.25) is 4.79 Å². The van der Waals surface area contributed by atoms with E-state index in [1.54, 1.807) is 6.07 Å². The first-order chi connectivity index (χ1) is 12.6. The molecule has 1 aromatic carbocycles. The van der Waals surface area contributed by atoms with E-state index in [1.807, 2.05) is 37.3 Å². The van der Waals surface area contributed by atoms with E-state index >= 15 is 0 Å². The summed E-state index contributed by atoms with van der Waals surface area (Å²) in [4.78, 5) is 12.4. The number of nitrogens with one attached hydrogen (secondary N) is 1. The van der Waals surface area contributed by atoms with E-state index in [0.29, 0.717) is 11.5 Å². The number of carbonyl (C=O) groups excluding carboxylic acids is 1. The molecule has 0 radical (unpaired) electrons. The van der Waals surface area contributed by atoms with Crippen molar-refractivity contribution in [3.8, 4) is 17.4 Å². The Bertz CT molecular complexity index is 870.